The van der Waals surface area contributed by atoms with Crippen LogP contribution in [0.3, 0.4) is 0 Å². The molecule has 0 bridgehead atoms. The van der Waals surface area contributed by atoms with E-state index in [0.717, 1.165) is 40.6 Å². The molecule has 0 spiro atoms. The molecule has 0 unspecified atom stereocenters. The molecule has 4 heteroatoms. The van der Waals surface area contributed by atoms with Crippen LogP contribution in [0.1, 0.15) is 11.1 Å². The Balaban J connectivity index is 2.54. The highest BCUT2D eigenvalue weighted by Gasteiger charge is 2.18. The summed E-state index contributed by atoms with van der Waals surface area (Å²) in [7, 11) is 1.84. The zero-order valence-electron chi connectivity index (χ0n) is 9.59. The largest absolute Gasteiger partial charge is 0.312 e. The summed E-state index contributed by atoms with van der Waals surface area (Å²) in [6, 6.07) is 6.08. The highest BCUT2D eigenvalue weighted by atomic mass is 79.9. The zero-order chi connectivity index (χ0) is 12.0. The van der Waals surface area contributed by atoms with Crippen LogP contribution in [0.25, 0.3) is 10.9 Å². The number of hydrogen-bond donors (Lipinski definition) is 1. The van der Waals surface area contributed by atoms with Crippen molar-refractivity contribution in [1.29, 1.82) is 0 Å². The molecule has 0 radical (unpaired) electrons. The molecule has 1 aromatic carbocycles. The van der Waals surface area contributed by atoms with Gasteiger partial charge in [-0.3, -0.25) is 4.79 Å². The van der Waals surface area contributed by atoms with Crippen LogP contribution in [0.15, 0.2) is 27.5 Å². The predicted octanol–water partition coefficient (Wildman–Crippen LogP) is 1.95. The van der Waals surface area contributed by atoms with E-state index in [1.807, 2.05) is 19.2 Å². The summed E-state index contributed by atoms with van der Waals surface area (Å²) in [5, 5.41) is 4.51. The van der Waals surface area contributed by atoms with Gasteiger partial charge < -0.3 is 9.88 Å². The number of nitrogens with one attached hydrogen (secondary N) is 1. The number of pyridine rings is 1. The minimum atomic E-state index is 0.140. The molecular formula is C13H13BrN2O. The van der Waals surface area contributed by atoms with Gasteiger partial charge in [-0.25, -0.2) is 0 Å². The fourth-order valence-electron chi connectivity index (χ4n) is 2.58. The van der Waals surface area contributed by atoms with E-state index in [2.05, 4.69) is 27.3 Å². The number of benzene rings is 1. The fourth-order valence-corrected chi connectivity index (χ4v) is 3.21. The van der Waals surface area contributed by atoms with E-state index in [-0.39, 0.29) is 5.56 Å². The van der Waals surface area contributed by atoms with E-state index in [0.29, 0.717) is 0 Å². The fraction of sp³-hybridized carbons (Fsp3) is 0.308. The van der Waals surface area contributed by atoms with Gasteiger partial charge in [0.15, 0.2) is 0 Å². The molecular weight excluding hydrogens is 280 g/mol. The van der Waals surface area contributed by atoms with E-state index in [4.69, 9.17) is 0 Å². The Bertz CT molecular complexity index is 660. The number of aromatic nitrogens is 1. The van der Waals surface area contributed by atoms with Gasteiger partial charge in [0.05, 0.1) is 5.52 Å². The van der Waals surface area contributed by atoms with Gasteiger partial charge in [-0.05, 0) is 40.5 Å². The monoisotopic (exact) mass is 292 g/mol. The molecule has 3 nitrogen and oxygen atoms in total. The van der Waals surface area contributed by atoms with Crippen molar-refractivity contribution < 1.29 is 0 Å². The minimum absolute atomic E-state index is 0.140. The lowest BCUT2D eigenvalue weighted by Gasteiger charge is -2.20. The first-order chi connectivity index (χ1) is 8.20. The summed E-state index contributed by atoms with van der Waals surface area (Å²) in [5.41, 5.74) is 3.26. The third kappa shape index (κ3) is 1.55. The number of rotatable bonds is 0. The number of halogens is 1. The smallest absolute Gasteiger partial charge is 0.254 e. The lowest BCUT2D eigenvalue weighted by atomic mass is 9.98. The van der Waals surface area contributed by atoms with Gasteiger partial charge in [0.2, 0.25) is 0 Å². The summed E-state index contributed by atoms with van der Waals surface area (Å²) < 4.78 is 2.73. The second-order valence-corrected chi connectivity index (χ2v) is 5.24. The summed E-state index contributed by atoms with van der Waals surface area (Å²) in [6.07, 6.45) is 0.824. The van der Waals surface area contributed by atoms with Crippen molar-refractivity contribution in [3.63, 3.8) is 0 Å². The third-order valence-electron chi connectivity index (χ3n) is 3.43. The lowest BCUT2D eigenvalue weighted by molar-refractivity contribution is 0.636. The van der Waals surface area contributed by atoms with Crippen molar-refractivity contribution in [3.05, 3.63) is 44.2 Å². The SMILES string of the molecule is Cn1c(=O)c2c(c3cccc(Br)c31)CNCC2. The number of hydrogen-bond acceptors (Lipinski definition) is 2. The molecule has 0 saturated carbocycles. The topological polar surface area (TPSA) is 34.0 Å². The number of fused-ring (bicyclic) bond motifs is 3. The second kappa shape index (κ2) is 3.96. The summed E-state index contributed by atoms with van der Waals surface area (Å²) >= 11 is 3.53. The van der Waals surface area contributed by atoms with E-state index in [9.17, 15) is 4.79 Å². The summed E-state index contributed by atoms with van der Waals surface area (Å²) in [6.45, 7) is 1.68. The van der Waals surface area contributed by atoms with Gasteiger partial charge in [0.1, 0.15) is 0 Å². The standard InChI is InChI=1S/C13H13BrN2O/c1-16-12-8(3-2-4-11(12)14)10-7-15-6-5-9(10)13(16)17/h2-4,15H,5-7H2,1H3. The van der Waals surface area contributed by atoms with Gasteiger partial charge in [-0.1, -0.05) is 12.1 Å². The van der Waals surface area contributed by atoms with Crippen LogP contribution in [-0.2, 0) is 20.0 Å². The normalized spacial score (nSPS) is 14.9. The first-order valence-corrected chi connectivity index (χ1v) is 6.49. The Morgan fingerprint density at radius 3 is 3.00 bits per heavy atom. The maximum absolute atomic E-state index is 12.3. The molecule has 1 aliphatic heterocycles. The quantitative estimate of drug-likeness (QED) is 0.805. The molecule has 2 aromatic rings. The van der Waals surface area contributed by atoms with Crippen LogP contribution in [0.5, 0.6) is 0 Å². The van der Waals surface area contributed by atoms with Crippen LogP contribution in [-0.4, -0.2) is 11.1 Å². The molecule has 1 N–H and O–H groups in total. The lowest BCUT2D eigenvalue weighted by Crippen LogP contribution is -2.32. The van der Waals surface area contributed by atoms with Crippen molar-refractivity contribution in [3.8, 4) is 0 Å². The summed E-state index contributed by atoms with van der Waals surface area (Å²) in [4.78, 5) is 12.3. The Morgan fingerprint density at radius 1 is 1.35 bits per heavy atom. The summed E-state index contributed by atoms with van der Waals surface area (Å²) in [5.74, 6) is 0. The van der Waals surface area contributed by atoms with E-state index < -0.39 is 0 Å². The Kier molecular flexibility index (Phi) is 2.56. The van der Waals surface area contributed by atoms with Gasteiger partial charge in [-0.2, -0.15) is 0 Å². The average Bonchev–Trinajstić information content (AvgIpc) is 2.36. The average molecular weight is 293 g/mol. The van der Waals surface area contributed by atoms with Crippen LogP contribution in [0.2, 0.25) is 0 Å². The van der Waals surface area contributed by atoms with Crippen molar-refractivity contribution in [2.75, 3.05) is 6.54 Å². The van der Waals surface area contributed by atoms with Crippen LogP contribution < -0.4 is 10.9 Å². The molecule has 0 saturated heterocycles. The minimum Gasteiger partial charge on any atom is -0.312 e. The van der Waals surface area contributed by atoms with Crippen molar-refractivity contribution in [2.45, 2.75) is 13.0 Å². The van der Waals surface area contributed by atoms with Crippen molar-refractivity contribution >= 4 is 26.8 Å². The van der Waals surface area contributed by atoms with Gasteiger partial charge in [-0.15, -0.1) is 0 Å². The van der Waals surface area contributed by atoms with Crippen molar-refractivity contribution in [1.82, 2.24) is 9.88 Å². The van der Waals surface area contributed by atoms with E-state index in [1.165, 1.54) is 5.39 Å². The predicted molar refractivity (Wildman–Crippen MR) is 72.3 cm³/mol. The first-order valence-electron chi connectivity index (χ1n) is 5.70. The first kappa shape index (κ1) is 11.0. The number of para-hydroxylation sites is 1. The molecule has 0 atom stereocenters. The van der Waals surface area contributed by atoms with Gasteiger partial charge >= 0.3 is 0 Å². The Labute approximate surface area is 108 Å². The zero-order valence-corrected chi connectivity index (χ0v) is 11.2. The van der Waals surface area contributed by atoms with Crippen molar-refractivity contribution in [2.24, 2.45) is 7.05 Å². The molecule has 2 heterocycles. The van der Waals surface area contributed by atoms with E-state index >= 15 is 0 Å². The number of aryl methyl sites for hydroxylation is 1. The highest BCUT2D eigenvalue weighted by molar-refractivity contribution is 9.10. The molecule has 1 aliphatic rings. The van der Waals surface area contributed by atoms with Gasteiger partial charge in [0, 0.05) is 29.0 Å². The molecule has 0 amide bonds. The van der Waals surface area contributed by atoms with Gasteiger partial charge in [0.25, 0.3) is 5.56 Å². The molecule has 17 heavy (non-hydrogen) atoms. The maximum Gasteiger partial charge on any atom is 0.254 e. The molecule has 0 aliphatic carbocycles. The second-order valence-electron chi connectivity index (χ2n) is 4.38. The third-order valence-corrected chi connectivity index (χ3v) is 4.07. The van der Waals surface area contributed by atoms with E-state index in [1.54, 1.807) is 4.57 Å². The van der Waals surface area contributed by atoms with Crippen LogP contribution in [0.4, 0.5) is 0 Å². The highest BCUT2D eigenvalue weighted by Crippen LogP contribution is 2.27. The Hall–Kier alpha value is -1.13. The Morgan fingerprint density at radius 2 is 2.18 bits per heavy atom. The maximum atomic E-state index is 12.3. The van der Waals surface area contributed by atoms with Crippen LogP contribution >= 0.6 is 15.9 Å². The molecule has 1 aromatic heterocycles. The molecule has 0 fully saturated rings. The molecule has 88 valence electrons. The van der Waals surface area contributed by atoms with Crippen LogP contribution in [0, 0.1) is 0 Å². The number of nitrogens with zero attached hydrogens (tertiary/aromatic N) is 1. The molecule has 3 rings (SSSR count).